The summed E-state index contributed by atoms with van der Waals surface area (Å²) >= 11 is 0. The number of carbonyl (C=O) groups excluding carboxylic acids is 3. The highest BCUT2D eigenvalue weighted by molar-refractivity contribution is 5.95. The molecule has 0 saturated carbocycles. The Bertz CT molecular complexity index is 636. The Balaban J connectivity index is 2.52. The minimum atomic E-state index is -0.556. The number of hydrogen-bond donors (Lipinski definition) is 2. The lowest BCUT2D eigenvalue weighted by atomic mass is 9.94. The first-order valence-electron chi connectivity index (χ1n) is 9.17. The van der Waals surface area contributed by atoms with Crippen molar-refractivity contribution >= 4 is 23.4 Å². The number of unbranched alkanes of at least 4 members (excludes halogenated alkanes) is 1. The van der Waals surface area contributed by atoms with Crippen molar-refractivity contribution in [2.75, 3.05) is 32.1 Å². The fourth-order valence-electron chi connectivity index (χ4n) is 2.36. The lowest BCUT2D eigenvalue weighted by Gasteiger charge is -2.29. The molecule has 0 saturated heterocycles. The second-order valence-corrected chi connectivity index (χ2v) is 7.38. The molecular weight excluding hydrogens is 346 g/mol. The Labute approximate surface area is 161 Å². The van der Waals surface area contributed by atoms with Gasteiger partial charge in [0.05, 0.1) is 20.2 Å². The Morgan fingerprint density at radius 3 is 2.22 bits per heavy atom. The van der Waals surface area contributed by atoms with E-state index in [0.29, 0.717) is 18.0 Å². The van der Waals surface area contributed by atoms with E-state index < -0.39 is 5.41 Å². The summed E-state index contributed by atoms with van der Waals surface area (Å²) < 4.78 is 5.06. The van der Waals surface area contributed by atoms with E-state index in [1.807, 2.05) is 27.7 Å². The SMILES string of the molecule is CCCCN(CC(=O)NCC(=O)Nc1ccc(OC)cc1)C(=O)C(C)(C)C. The molecule has 150 valence electrons. The molecule has 0 aliphatic carbocycles. The normalized spacial score (nSPS) is 10.9. The first-order valence-corrected chi connectivity index (χ1v) is 9.17. The van der Waals surface area contributed by atoms with Crippen molar-refractivity contribution in [3.63, 3.8) is 0 Å². The predicted molar refractivity (Wildman–Crippen MR) is 106 cm³/mol. The van der Waals surface area contributed by atoms with Crippen molar-refractivity contribution in [2.24, 2.45) is 5.41 Å². The summed E-state index contributed by atoms with van der Waals surface area (Å²) in [5.41, 5.74) is 0.0577. The number of nitrogens with zero attached hydrogens (tertiary/aromatic N) is 1. The summed E-state index contributed by atoms with van der Waals surface area (Å²) in [5, 5.41) is 5.26. The second-order valence-electron chi connectivity index (χ2n) is 7.38. The van der Waals surface area contributed by atoms with Gasteiger partial charge in [-0.25, -0.2) is 0 Å². The van der Waals surface area contributed by atoms with E-state index >= 15 is 0 Å². The van der Waals surface area contributed by atoms with E-state index in [4.69, 9.17) is 4.74 Å². The minimum Gasteiger partial charge on any atom is -0.497 e. The van der Waals surface area contributed by atoms with Gasteiger partial charge in [-0.15, -0.1) is 0 Å². The zero-order valence-corrected chi connectivity index (χ0v) is 16.9. The molecule has 7 heteroatoms. The number of hydrogen-bond acceptors (Lipinski definition) is 4. The van der Waals surface area contributed by atoms with Crippen molar-refractivity contribution in [1.82, 2.24) is 10.2 Å². The third-order valence-corrected chi connectivity index (χ3v) is 3.86. The van der Waals surface area contributed by atoms with Crippen molar-refractivity contribution in [3.8, 4) is 5.75 Å². The van der Waals surface area contributed by atoms with Crippen LogP contribution in [0.2, 0.25) is 0 Å². The van der Waals surface area contributed by atoms with Gasteiger partial charge in [0.1, 0.15) is 5.75 Å². The van der Waals surface area contributed by atoms with Crippen LogP contribution in [0.3, 0.4) is 0 Å². The highest BCUT2D eigenvalue weighted by Gasteiger charge is 2.28. The van der Waals surface area contributed by atoms with Gasteiger partial charge in [0.2, 0.25) is 17.7 Å². The molecule has 0 heterocycles. The van der Waals surface area contributed by atoms with Crippen molar-refractivity contribution in [3.05, 3.63) is 24.3 Å². The molecule has 0 bridgehead atoms. The summed E-state index contributed by atoms with van der Waals surface area (Å²) in [5.74, 6) is -0.0740. The van der Waals surface area contributed by atoms with Gasteiger partial charge in [-0.1, -0.05) is 34.1 Å². The van der Waals surface area contributed by atoms with Crippen LogP contribution >= 0.6 is 0 Å². The van der Waals surface area contributed by atoms with Crippen LogP contribution in [-0.2, 0) is 14.4 Å². The number of carbonyl (C=O) groups is 3. The maximum atomic E-state index is 12.5. The highest BCUT2D eigenvalue weighted by atomic mass is 16.5. The Morgan fingerprint density at radius 1 is 1.07 bits per heavy atom. The van der Waals surface area contributed by atoms with Crippen LogP contribution in [0.1, 0.15) is 40.5 Å². The lowest BCUT2D eigenvalue weighted by molar-refractivity contribution is -0.142. The number of ether oxygens (including phenoxy) is 1. The van der Waals surface area contributed by atoms with Crippen molar-refractivity contribution < 1.29 is 19.1 Å². The summed E-state index contributed by atoms with van der Waals surface area (Å²) in [4.78, 5) is 38.2. The van der Waals surface area contributed by atoms with Crippen LogP contribution < -0.4 is 15.4 Å². The fourth-order valence-corrected chi connectivity index (χ4v) is 2.36. The number of amides is 3. The van der Waals surface area contributed by atoms with E-state index in [0.717, 1.165) is 12.8 Å². The van der Waals surface area contributed by atoms with Gasteiger partial charge in [0, 0.05) is 17.6 Å². The van der Waals surface area contributed by atoms with Gasteiger partial charge in [-0.2, -0.15) is 0 Å². The second kappa shape index (κ2) is 10.5. The van der Waals surface area contributed by atoms with E-state index in [1.54, 1.807) is 36.3 Å². The molecule has 1 aromatic rings. The molecular formula is C20H31N3O4. The van der Waals surface area contributed by atoms with Crippen molar-refractivity contribution in [2.45, 2.75) is 40.5 Å². The van der Waals surface area contributed by atoms with Crippen LogP contribution in [0.25, 0.3) is 0 Å². The van der Waals surface area contributed by atoms with E-state index in [2.05, 4.69) is 10.6 Å². The highest BCUT2D eigenvalue weighted by Crippen LogP contribution is 2.18. The first-order chi connectivity index (χ1) is 12.7. The molecule has 2 N–H and O–H groups in total. The van der Waals surface area contributed by atoms with Crippen molar-refractivity contribution in [1.29, 1.82) is 0 Å². The molecule has 0 aromatic heterocycles. The molecule has 1 aromatic carbocycles. The number of rotatable bonds is 9. The first kappa shape index (κ1) is 22.5. The Morgan fingerprint density at radius 2 is 1.70 bits per heavy atom. The van der Waals surface area contributed by atoms with Crippen LogP contribution in [-0.4, -0.2) is 49.4 Å². The monoisotopic (exact) mass is 377 g/mol. The van der Waals surface area contributed by atoms with E-state index in [9.17, 15) is 14.4 Å². The summed E-state index contributed by atoms with van der Waals surface area (Å²) in [6, 6.07) is 6.90. The largest absolute Gasteiger partial charge is 0.497 e. The summed E-state index contributed by atoms with van der Waals surface area (Å²) in [7, 11) is 1.57. The number of nitrogens with one attached hydrogen (secondary N) is 2. The molecule has 3 amide bonds. The molecule has 0 aliphatic heterocycles. The maximum Gasteiger partial charge on any atom is 0.243 e. The van der Waals surface area contributed by atoms with E-state index in [1.165, 1.54) is 0 Å². The van der Waals surface area contributed by atoms with Gasteiger partial charge in [0.25, 0.3) is 0 Å². The van der Waals surface area contributed by atoms with Crippen LogP contribution in [0.4, 0.5) is 5.69 Å². The van der Waals surface area contributed by atoms with Gasteiger partial charge in [0.15, 0.2) is 0 Å². The van der Waals surface area contributed by atoms with Gasteiger partial charge >= 0.3 is 0 Å². The zero-order chi connectivity index (χ0) is 20.4. The molecule has 0 aliphatic rings. The number of anilines is 1. The molecule has 27 heavy (non-hydrogen) atoms. The van der Waals surface area contributed by atoms with Gasteiger partial charge in [-0.3, -0.25) is 14.4 Å². The molecule has 0 atom stereocenters. The molecule has 1 rings (SSSR count). The Hall–Kier alpha value is -2.57. The van der Waals surface area contributed by atoms with Crippen LogP contribution in [0.5, 0.6) is 5.75 Å². The average Bonchev–Trinajstić information content (AvgIpc) is 2.62. The Kier molecular flexibility index (Phi) is 8.78. The molecule has 0 unspecified atom stereocenters. The molecule has 0 fully saturated rings. The third kappa shape index (κ3) is 8.11. The summed E-state index contributed by atoms with van der Waals surface area (Å²) in [6.45, 7) is 7.83. The minimum absolute atomic E-state index is 0.0497. The average molecular weight is 377 g/mol. The molecule has 0 radical (unpaired) electrons. The zero-order valence-electron chi connectivity index (χ0n) is 16.9. The van der Waals surface area contributed by atoms with Gasteiger partial charge < -0.3 is 20.3 Å². The number of benzene rings is 1. The lowest BCUT2D eigenvalue weighted by Crippen LogP contribution is -2.46. The fraction of sp³-hybridized carbons (Fsp3) is 0.550. The topological polar surface area (TPSA) is 87.7 Å². The van der Waals surface area contributed by atoms with Crippen LogP contribution in [0.15, 0.2) is 24.3 Å². The number of methoxy groups -OCH3 is 1. The molecule has 0 spiro atoms. The standard InChI is InChI=1S/C20H31N3O4/c1-6-7-12-23(19(26)20(2,3)4)14-18(25)21-13-17(24)22-15-8-10-16(27-5)11-9-15/h8-11H,6-7,12-14H2,1-5H3,(H,21,25)(H,22,24). The van der Waals surface area contributed by atoms with Crippen LogP contribution in [0, 0.1) is 5.41 Å². The third-order valence-electron chi connectivity index (χ3n) is 3.86. The van der Waals surface area contributed by atoms with E-state index in [-0.39, 0.29) is 30.8 Å². The predicted octanol–water partition coefficient (Wildman–Crippen LogP) is 2.42. The van der Waals surface area contributed by atoms with Gasteiger partial charge in [-0.05, 0) is 30.7 Å². The smallest absolute Gasteiger partial charge is 0.243 e. The molecule has 7 nitrogen and oxygen atoms in total. The maximum absolute atomic E-state index is 12.5. The quantitative estimate of drug-likeness (QED) is 0.692. The summed E-state index contributed by atoms with van der Waals surface area (Å²) in [6.07, 6.45) is 1.76.